The number of piperidine rings is 1. The number of aryl methyl sites for hydroxylation is 1. The molecular weight excluding hydrogens is 432 g/mol. The lowest BCUT2D eigenvalue weighted by atomic mass is 10.0. The smallest absolute Gasteiger partial charge is 0.262 e. The minimum absolute atomic E-state index is 0.00529. The summed E-state index contributed by atoms with van der Waals surface area (Å²) in [5.74, 6) is 0.296. The summed E-state index contributed by atoms with van der Waals surface area (Å²) in [5.41, 5.74) is 1.70. The van der Waals surface area contributed by atoms with Crippen molar-refractivity contribution >= 4 is 37.5 Å². The van der Waals surface area contributed by atoms with Crippen LogP contribution in [-0.4, -0.2) is 41.3 Å². The molecule has 1 N–H and O–H groups in total. The molecule has 1 aliphatic rings. The Balaban J connectivity index is 1.64. The molecule has 0 unspecified atom stereocenters. The second-order valence-corrected chi connectivity index (χ2v) is 9.72. The van der Waals surface area contributed by atoms with Crippen molar-refractivity contribution in [1.29, 1.82) is 0 Å². The van der Waals surface area contributed by atoms with E-state index < -0.39 is 10.0 Å². The number of imidazole rings is 1. The van der Waals surface area contributed by atoms with E-state index in [0.717, 1.165) is 22.9 Å². The first-order valence-corrected chi connectivity index (χ1v) is 11.1. The summed E-state index contributed by atoms with van der Waals surface area (Å²) in [6.45, 7) is 5.09. The van der Waals surface area contributed by atoms with Crippen LogP contribution in [0, 0.1) is 12.8 Å². The van der Waals surface area contributed by atoms with Gasteiger partial charge in [0.15, 0.2) is 5.03 Å². The van der Waals surface area contributed by atoms with Gasteiger partial charge in [-0.05, 0) is 49.4 Å². The SMILES string of the molecule is Cc1cc(NC(=O)Cn2cnc(S(=O)(=O)N3CCC(C)CC3)c2)ccc1Br. The Kier molecular flexibility index (Phi) is 6.02. The van der Waals surface area contributed by atoms with E-state index >= 15 is 0 Å². The molecule has 9 heteroatoms. The van der Waals surface area contributed by atoms with Crippen LogP contribution >= 0.6 is 15.9 Å². The number of carbonyl (C=O) groups is 1. The maximum absolute atomic E-state index is 12.7. The first-order valence-electron chi connectivity index (χ1n) is 8.83. The Morgan fingerprint density at radius 2 is 2.04 bits per heavy atom. The summed E-state index contributed by atoms with van der Waals surface area (Å²) in [7, 11) is -3.61. The highest BCUT2D eigenvalue weighted by molar-refractivity contribution is 9.10. The molecule has 0 spiro atoms. The quantitative estimate of drug-likeness (QED) is 0.752. The van der Waals surface area contributed by atoms with Crippen molar-refractivity contribution in [2.75, 3.05) is 18.4 Å². The third-order valence-corrected chi connectivity index (χ3v) is 7.40. The standard InChI is InChI=1S/C18H23BrN4O3S/c1-13-5-7-23(8-6-13)27(25,26)18-11-22(12-20-18)10-17(24)21-15-3-4-16(19)14(2)9-15/h3-4,9,11-13H,5-8,10H2,1-2H3,(H,21,24). The lowest BCUT2D eigenvalue weighted by molar-refractivity contribution is -0.116. The third-order valence-electron chi connectivity index (χ3n) is 4.72. The van der Waals surface area contributed by atoms with E-state index in [4.69, 9.17) is 0 Å². The predicted octanol–water partition coefficient (Wildman–Crippen LogP) is 3.01. The maximum Gasteiger partial charge on any atom is 0.262 e. The van der Waals surface area contributed by atoms with E-state index in [1.807, 2.05) is 19.1 Å². The molecule has 3 rings (SSSR count). The van der Waals surface area contributed by atoms with Crippen LogP contribution in [0.5, 0.6) is 0 Å². The van der Waals surface area contributed by atoms with Gasteiger partial charge in [-0.2, -0.15) is 4.31 Å². The maximum atomic E-state index is 12.7. The van der Waals surface area contributed by atoms with Crippen LogP contribution in [0.1, 0.15) is 25.3 Å². The fraction of sp³-hybridized carbons (Fsp3) is 0.444. The Morgan fingerprint density at radius 1 is 1.33 bits per heavy atom. The first-order chi connectivity index (χ1) is 12.8. The van der Waals surface area contributed by atoms with Gasteiger partial charge in [0.05, 0.1) is 6.33 Å². The molecule has 2 heterocycles. The molecule has 1 aromatic carbocycles. The number of hydrogen-bond acceptors (Lipinski definition) is 4. The largest absolute Gasteiger partial charge is 0.327 e. The van der Waals surface area contributed by atoms with Crippen LogP contribution in [0.2, 0.25) is 0 Å². The van der Waals surface area contributed by atoms with Crippen LogP contribution in [0.3, 0.4) is 0 Å². The average molecular weight is 455 g/mol. The van der Waals surface area contributed by atoms with Gasteiger partial charge in [0.2, 0.25) is 5.91 Å². The number of amides is 1. The van der Waals surface area contributed by atoms with E-state index in [1.165, 1.54) is 21.4 Å². The molecular formula is C18H23BrN4O3S. The summed E-state index contributed by atoms with van der Waals surface area (Å²) in [4.78, 5) is 16.3. The molecule has 0 saturated carbocycles. The number of anilines is 1. The van der Waals surface area contributed by atoms with Gasteiger partial charge in [-0.3, -0.25) is 4.79 Å². The molecule has 7 nitrogen and oxygen atoms in total. The first kappa shape index (κ1) is 20.0. The number of rotatable bonds is 5. The summed E-state index contributed by atoms with van der Waals surface area (Å²) < 4.78 is 29.3. The number of hydrogen-bond donors (Lipinski definition) is 1. The minimum Gasteiger partial charge on any atom is -0.327 e. The van der Waals surface area contributed by atoms with Crippen molar-refractivity contribution in [3.05, 3.63) is 40.8 Å². The molecule has 1 amide bonds. The van der Waals surface area contributed by atoms with E-state index in [1.54, 1.807) is 6.07 Å². The molecule has 27 heavy (non-hydrogen) atoms. The summed E-state index contributed by atoms with van der Waals surface area (Å²) in [6, 6.07) is 5.53. The normalized spacial score (nSPS) is 16.4. The van der Waals surface area contributed by atoms with Crippen molar-refractivity contribution in [3.63, 3.8) is 0 Å². The summed E-state index contributed by atoms with van der Waals surface area (Å²) in [5, 5.41) is 2.80. The Hall–Kier alpha value is -1.71. The second-order valence-electron chi connectivity index (χ2n) is 6.98. The van der Waals surface area contributed by atoms with Gasteiger partial charge in [0.1, 0.15) is 6.54 Å². The highest BCUT2D eigenvalue weighted by atomic mass is 79.9. The molecule has 1 saturated heterocycles. The summed E-state index contributed by atoms with van der Waals surface area (Å²) >= 11 is 3.42. The van der Waals surface area contributed by atoms with Gasteiger partial charge in [0, 0.05) is 29.4 Å². The molecule has 2 aromatic rings. The number of halogens is 1. The van der Waals surface area contributed by atoms with Crippen molar-refractivity contribution in [3.8, 4) is 0 Å². The lowest BCUT2D eigenvalue weighted by Gasteiger charge is -2.28. The van der Waals surface area contributed by atoms with Crippen molar-refractivity contribution in [2.24, 2.45) is 5.92 Å². The lowest BCUT2D eigenvalue weighted by Crippen LogP contribution is -2.38. The number of benzene rings is 1. The molecule has 146 valence electrons. The zero-order valence-corrected chi connectivity index (χ0v) is 17.8. The minimum atomic E-state index is -3.61. The zero-order chi connectivity index (χ0) is 19.6. The summed E-state index contributed by atoms with van der Waals surface area (Å²) in [6.07, 6.45) is 4.51. The van der Waals surface area contributed by atoms with E-state index in [9.17, 15) is 13.2 Å². The molecule has 0 aliphatic carbocycles. The molecule has 0 radical (unpaired) electrons. The van der Waals surface area contributed by atoms with Gasteiger partial charge in [-0.1, -0.05) is 22.9 Å². The highest BCUT2D eigenvalue weighted by Crippen LogP contribution is 2.23. The van der Waals surface area contributed by atoms with Crippen LogP contribution in [-0.2, 0) is 21.4 Å². The van der Waals surface area contributed by atoms with Crippen LogP contribution in [0.15, 0.2) is 40.2 Å². The Bertz CT molecular complexity index is 934. The molecule has 0 atom stereocenters. The number of nitrogens with one attached hydrogen (secondary N) is 1. The van der Waals surface area contributed by atoms with Crippen molar-refractivity contribution in [2.45, 2.75) is 38.3 Å². The van der Waals surface area contributed by atoms with Crippen LogP contribution in [0.25, 0.3) is 0 Å². The van der Waals surface area contributed by atoms with Crippen LogP contribution in [0.4, 0.5) is 5.69 Å². The van der Waals surface area contributed by atoms with Gasteiger partial charge in [0.25, 0.3) is 10.0 Å². The van der Waals surface area contributed by atoms with Crippen molar-refractivity contribution < 1.29 is 13.2 Å². The molecule has 1 aromatic heterocycles. The number of aromatic nitrogens is 2. The second kappa shape index (κ2) is 8.12. The fourth-order valence-electron chi connectivity index (χ4n) is 3.01. The monoisotopic (exact) mass is 454 g/mol. The van der Waals surface area contributed by atoms with Gasteiger partial charge < -0.3 is 9.88 Å². The molecule has 0 bridgehead atoms. The van der Waals surface area contributed by atoms with E-state index in [0.29, 0.717) is 24.7 Å². The topological polar surface area (TPSA) is 84.3 Å². The fourth-order valence-corrected chi connectivity index (χ4v) is 4.66. The average Bonchev–Trinajstić information content (AvgIpc) is 3.08. The number of carbonyl (C=O) groups excluding carboxylic acids is 1. The van der Waals surface area contributed by atoms with Crippen molar-refractivity contribution in [1.82, 2.24) is 13.9 Å². The number of sulfonamides is 1. The van der Waals surface area contributed by atoms with Gasteiger partial charge >= 0.3 is 0 Å². The van der Waals surface area contributed by atoms with Gasteiger partial charge in [-0.15, -0.1) is 0 Å². The number of nitrogens with zero attached hydrogens (tertiary/aromatic N) is 3. The Labute approximate surface area is 168 Å². The zero-order valence-electron chi connectivity index (χ0n) is 15.4. The third kappa shape index (κ3) is 4.77. The van der Waals surface area contributed by atoms with Crippen LogP contribution < -0.4 is 5.32 Å². The highest BCUT2D eigenvalue weighted by Gasteiger charge is 2.29. The van der Waals surface area contributed by atoms with E-state index in [2.05, 4.69) is 33.2 Å². The Morgan fingerprint density at radius 3 is 2.70 bits per heavy atom. The molecule has 1 fully saturated rings. The van der Waals surface area contributed by atoms with E-state index in [-0.39, 0.29) is 17.5 Å². The predicted molar refractivity (Wildman–Crippen MR) is 107 cm³/mol. The van der Waals surface area contributed by atoms with Gasteiger partial charge in [-0.25, -0.2) is 13.4 Å². The molecule has 1 aliphatic heterocycles.